The number of halogens is 1. The van der Waals surface area contributed by atoms with Gasteiger partial charge in [0.05, 0.1) is 23.5 Å². The molecule has 2 aromatic heterocycles. The van der Waals surface area contributed by atoms with Gasteiger partial charge in [0.1, 0.15) is 6.61 Å². The zero-order valence-corrected chi connectivity index (χ0v) is 21.8. The topological polar surface area (TPSA) is 156 Å². The number of anilines is 1. The number of nitrogens with two attached hydrogens (primary N) is 1. The van der Waals surface area contributed by atoms with Crippen molar-refractivity contribution < 1.29 is 18.9 Å². The Labute approximate surface area is 224 Å². The normalized spacial score (nSPS) is 11.2. The van der Waals surface area contributed by atoms with Crippen LogP contribution in [-0.2, 0) is 6.61 Å². The molecule has 0 saturated carbocycles. The first kappa shape index (κ1) is 24.9. The number of nitrogens with one attached hydrogen (secondary N) is 1. The lowest BCUT2D eigenvalue weighted by molar-refractivity contribution is 0.0949. The van der Waals surface area contributed by atoms with E-state index in [4.69, 9.17) is 15.2 Å². The smallest absolute Gasteiger partial charge is 0.293 e. The Morgan fingerprint density at radius 3 is 2.82 bits per heavy atom. The number of fused-ring (bicyclic) bond motifs is 1. The molecule has 0 unspecified atom stereocenters. The maximum absolute atomic E-state index is 12.6. The van der Waals surface area contributed by atoms with Crippen molar-refractivity contribution in [2.24, 2.45) is 5.10 Å². The summed E-state index contributed by atoms with van der Waals surface area (Å²) in [6.45, 7) is 1.99. The van der Waals surface area contributed by atoms with Crippen molar-refractivity contribution in [2.45, 2.75) is 13.5 Å². The van der Waals surface area contributed by atoms with Gasteiger partial charge in [-0.1, -0.05) is 47.7 Å². The third-order valence-electron chi connectivity index (χ3n) is 5.69. The number of nitrogens with zero attached hydrogens (tertiary/aromatic N) is 6. The van der Waals surface area contributed by atoms with Gasteiger partial charge in [0.2, 0.25) is 11.6 Å². The average molecular weight is 577 g/mol. The van der Waals surface area contributed by atoms with Gasteiger partial charge in [-0.3, -0.25) is 4.79 Å². The fourth-order valence-electron chi connectivity index (χ4n) is 3.82. The Bertz CT molecular complexity index is 1660. The number of aromatic nitrogens is 5. The predicted molar refractivity (Wildman–Crippen MR) is 142 cm³/mol. The first-order valence-corrected chi connectivity index (χ1v) is 12.1. The van der Waals surface area contributed by atoms with Gasteiger partial charge in [-0.25, -0.2) is 10.1 Å². The molecule has 0 fully saturated rings. The van der Waals surface area contributed by atoms with Crippen molar-refractivity contribution in [3.63, 3.8) is 0 Å². The van der Waals surface area contributed by atoms with Crippen LogP contribution in [0, 0.1) is 6.92 Å². The Morgan fingerprint density at radius 1 is 1.21 bits per heavy atom. The fraction of sp³-hybridized carbons (Fsp3) is 0.120. The number of amides is 1. The van der Waals surface area contributed by atoms with E-state index in [0.717, 1.165) is 16.3 Å². The van der Waals surface area contributed by atoms with E-state index < -0.39 is 5.91 Å². The first-order valence-electron chi connectivity index (χ1n) is 11.3. The number of hydrazone groups is 1. The van der Waals surface area contributed by atoms with E-state index in [1.165, 1.54) is 10.9 Å². The van der Waals surface area contributed by atoms with Crippen LogP contribution in [0.5, 0.6) is 11.5 Å². The number of hydrogen-bond acceptors (Lipinski definition) is 10. The summed E-state index contributed by atoms with van der Waals surface area (Å²) in [7, 11) is 1.55. The summed E-state index contributed by atoms with van der Waals surface area (Å²) in [5, 5.41) is 21.2. The Kier molecular flexibility index (Phi) is 7.00. The zero-order chi connectivity index (χ0) is 26.6. The molecule has 0 aliphatic rings. The van der Waals surface area contributed by atoms with Crippen LogP contribution in [0.25, 0.3) is 16.6 Å². The van der Waals surface area contributed by atoms with Crippen molar-refractivity contribution in [1.29, 1.82) is 0 Å². The molecule has 13 heteroatoms. The second-order valence-electron chi connectivity index (χ2n) is 8.07. The van der Waals surface area contributed by atoms with Crippen molar-refractivity contribution >= 4 is 44.6 Å². The molecular weight excluding hydrogens is 556 g/mol. The van der Waals surface area contributed by atoms with Crippen molar-refractivity contribution in [2.75, 3.05) is 12.8 Å². The number of rotatable bonds is 8. The minimum Gasteiger partial charge on any atom is -0.493 e. The van der Waals surface area contributed by atoms with Crippen LogP contribution in [-0.4, -0.2) is 44.5 Å². The van der Waals surface area contributed by atoms with Gasteiger partial charge in [-0.15, -0.1) is 5.10 Å². The van der Waals surface area contributed by atoms with Crippen LogP contribution in [0.1, 0.15) is 27.3 Å². The molecular formula is C25H21BrN8O4. The Balaban J connectivity index is 1.29. The standard InChI is InChI=1S/C25H21BrN8O4/c1-14-21(29-33-34(14)24-23(27)31-38-32-24)25(35)30-28-12-15-10-19(26)22(20(11-15)36-2)37-13-17-8-5-7-16-6-3-4-9-18(16)17/h3-12H,13H2,1-2H3,(H2,27,31)(H,30,35)/b28-12-. The molecule has 3 aromatic carbocycles. The highest BCUT2D eigenvalue weighted by Crippen LogP contribution is 2.37. The van der Waals surface area contributed by atoms with Gasteiger partial charge in [0, 0.05) is 0 Å². The second kappa shape index (κ2) is 10.7. The summed E-state index contributed by atoms with van der Waals surface area (Å²) < 4.78 is 18.2. The second-order valence-corrected chi connectivity index (χ2v) is 8.92. The molecule has 0 spiro atoms. The van der Waals surface area contributed by atoms with Crippen LogP contribution < -0.4 is 20.6 Å². The SMILES string of the molecule is COc1cc(/C=N\NC(=O)c2nnn(-c3nonc3N)c2C)cc(Br)c1OCc1cccc2ccccc12. The van der Waals surface area contributed by atoms with E-state index in [-0.39, 0.29) is 17.3 Å². The summed E-state index contributed by atoms with van der Waals surface area (Å²) in [5.74, 6) is 0.644. The van der Waals surface area contributed by atoms with E-state index in [2.05, 4.69) is 69.9 Å². The molecule has 0 atom stereocenters. The highest BCUT2D eigenvalue weighted by atomic mass is 79.9. The molecule has 1 amide bonds. The summed E-state index contributed by atoms with van der Waals surface area (Å²) in [6, 6.07) is 17.8. The number of methoxy groups -OCH3 is 1. The number of ether oxygens (including phenoxy) is 2. The lowest BCUT2D eigenvalue weighted by Crippen LogP contribution is -2.19. The van der Waals surface area contributed by atoms with Crippen LogP contribution in [0.15, 0.2) is 68.8 Å². The zero-order valence-electron chi connectivity index (χ0n) is 20.3. The molecule has 38 heavy (non-hydrogen) atoms. The van der Waals surface area contributed by atoms with Gasteiger partial charge in [0.15, 0.2) is 17.2 Å². The fourth-order valence-corrected chi connectivity index (χ4v) is 4.39. The molecule has 0 aliphatic carbocycles. The van der Waals surface area contributed by atoms with Gasteiger partial charge in [-0.2, -0.15) is 9.78 Å². The minimum atomic E-state index is -0.568. The third kappa shape index (κ3) is 4.91. The highest BCUT2D eigenvalue weighted by molar-refractivity contribution is 9.10. The summed E-state index contributed by atoms with van der Waals surface area (Å²) in [4.78, 5) is 12.6. The number of carbonyl (C=O) groups is 1. The van der Waals surface area contributed by atoms with Crippen molar-refractivity contribution in [3.8, 4) is 17.3 Å². The monoisotopic (exact) mass is 576 g/mol. The number of carbonyl (C=O) groups excluding carboxylic acids is 1. The molecule has 0 radical (unpaired) electrons. The molecule has 5 aromatic rings. The van der Waals surface area contributed by atoms with E-state index in [0.29, 0.717) is 33.8 Å². The third-order valence-corrected chi connectivity index (χ3v) is 6.28. The molecule has 5 rings (SSSR count). The highest BCUT2D eigenvalue weighted by Gasteiger charge is 2.20. The van der Waals surface area contributed by atoms with E-state index in [9.17, 15) is 4.79 Å². The molecule has 0 aliphatic heterocycles. The van der Waals surface area contributed by atoms with Gasteiger partial charge in [-0.05, 0) is 67.2 Å². The molecule has 3 N–H and O–H groups in total. The average Bonchev–Trinajstić information content (AvgIpc) is 3.52. The molecule has 2 heterocycles. The van der Waals surface area contributed by atoms with Crippen LogP contribution in [0.2, 0.25) is 0 Å². The van der Waals surface area contributed by atoms with Crippen molar-refractivity contribution in [1.82, 2.24) is 30.7 Å². The van der Waals surface area contributed by atoms with E-state index in [1.807, 2.05) is 24.3 Å². The lowest BCUT2D eigenvalue weighted by Gasteiger charge is -2.14. The molecule has 12 nitrogen and oxygen atoms in total. The number of nitrogen functional groups attached to an aromatic ring is 1. The summed E-state index contributed by atoms with van der Waals surface area (Å²) >= 11 is 3.55. The molecule has 192 valence electrons. The van der Waals surface area contributed by atoms with Gasteiger partial charge in [0.25, 0.3) is 5.91 Å². The number of hydrogen-bond donors (Lipinski definition) is 2. The maximum Gasteiger partial charge on any atom is 0.293 e. The minimum absolute atomic E-state index is 0.0204. The molecule has 0 saturated heterocycles. The van der Waals surface area contributed by atoms with E-state index >= 15 is 0 Å². The summed E-state index contributed by atoms with van der Waals surface area (Å²) in [6.07, 6.45) is 1.47. The van der Waals surface area contributed by atoms with Crippen LogP contribution in [0.4, 0.5) is 5.82 Å². The first-order chi connectivity index (χ1) is 18.5. The van der Waals surface area contributed by atoms with Crippen LogP contribution >= 0.6 is 15.9 Å². The lowest BCUT2D eigenvalue weighted by atomic mass is 10.1. The van der Waals surface area contributed by atoms with E-state index in [1.54, 1.807) is 26.2 Å². The van der Waals surface area contributed by atoms with Crippen molar-refractivity contribution in [3.05, 3.63) is 81.6 Å². The quantitative estimate of drug-likeness (QED) is 0.207. The van der Waals surface area contributed by atoms with Gasteiger partial charge < -0.3 is 15.2 Å². The largest absolute Gasteiger partial charge is 0.493 e. The predicted octanol–water partition coefficient (Wildman–Crippen LogP) is 3.81. The Morgan fingerprint density at radius 2 is 2.03 bits per heavy atom. The number of benzene rings is 3. The maximum atomic E-state index is 12.6. The van der Waals surface area contributed by atoms with Gasteiger partial charge >= 0.3 is 0 Å². The summed E-state index contributed by atoms with van der Waals surface area (Å²) in [5.41, 5.74) is 10.3. The molecule has 0 bridgehead atoms. The van der Waals surface area contributed by atoms with Crippen LogP contribution in [0.3, 0.4) is 0 Å². The Hall–Kier alpha value is -4.78.